The van der Waals surface area contributed by atoms with Crippen LogP contribution in [-0.4, -0.2) is 27.5 Å². The first-order valence-corrected chi connectivity index (χ1v) is 8.12. The summed E-state index contributed by atoms with van der Waals surface area (Å²) in [4.78, 5) is 11.5. The molecule has 0 bridgehead atoms. The maximum absolute atomic E-state index is 12.5. The standard InChI is InChI=1S/C15H20N2O4S/c1-10-6-7-11(14(18)21-5)8-12(10)22(19,20)17-13(9-16)15(2,3)4/h6-8,13,17H,1-5H3/t13-/m0/s1. The van der Waals surface area contributed by atoms with Gasteiger partial charge in [0.15, 0.2) is 0 Å². The van der Waals surface area contributed by atoms with E-state index in [2.05, 4.69) is 9.46 Å². The number of nitriles is 1. The number of rotatable bonds is 4. The Morgan fingerprint density at radius 1 is 1.36 bits per heavy atom. The Kier molecular flexibility index (Phi) is 5.33. The summed E-state index contributed by atoms with van der Waals surface area (Å²) in [6.07, 6.45) is 0. The molecule has 0 aliphatic rings. The molecule has 22 heavy (non-hydrogen) atoms. The number of nitrogens with one attached hydrogen (secondary N) is 1. The van der Waals surface area contributed by atoms with Crippen molar-refractivity contribution in [2.24, 2.45) is 5.41 Å². The van der Waals surface area contributed by atoms with Crippen LogP contribution < -0.4 is 4.72 Å². The van der Waals surface area contributed by atoms with Crippen LogP contribution in [-0.2, 0) is 14.8 Å². The largest absolute Gasteiger partial charge is 0.465 e. The molecule has 1 N–H and O–H groups in total. The Balaban J connectivity index is 3.29. The molecule has 0 fully saturated rings. The normalized spacial score (nSPS) is 13.3. The maximum atomic E-state index is 12.5. The van der Waals surface area contributed by atoms with E-state index in [1.54, 1.807) is 27.7 Å². The molecule has 0 heterocycles. The van der Waals surface area contributed by atoms with Gasteiger partial charge in [0.2, 0.25) is 10.0 Å². The Hall–Kier alpha value is -1.91. The molecule has 6 nitrogen and oxygen atoms in total. The Bertz CT molecular complexity index is 712. The van der Waals surface area contributed by atoms with Gasteiger partial charge in [0.25, 0.3) is 0 Å². The highest BCUT2D eigenvalue weighted by Crippen LogP contribution is 2.23. The third kappa shape index (κ3) is 4.06. The van der Waals surface area contributed by atoms with Gasteiger partial charge in [-0.15, -0.1) is 0 Å². The molecule has 1 atom stereocenters. The monoisotopic (exact) mass is 324 g/mol. The average molecular weight is 324 g/mol. The molecule has 1 aromatic carbocycles. The fraction of sp³-hybridized carbons (Fsp3) is 0.467. The number of carbonyl (C=O) groups is 1. The Morgan fingerprint density at radius 3 is 2.41 bits per heavy atom. The summed E-state index contributed by atoms with van der Waals surface area (Å²) in [6.45, 7) is 6.91. The number of carbonyl (C=O) groups excluding carboxylic acids is 1. The summed E-state index contributed by atoms with van der Waals surface area (Å²) < 4.78 is 32.0. The van der Waals surface area contributed by atoms with Gasteiger partial charge in [0, 0.05) is 0 Å². The van der Waals surface area contributed by atoms with Gasteiger partial charge >= 0.3 is 5.97 Å². The molecule has 0 saturated heterocycles. The lowest BCUT2D eigenvalue weighted by molar-refractivity contribution is 0.0600. The van der Waals surface area contributed by atoms with E-state index in [1.165, 1.54) is 25.3 Å². The summed E-state index contributed by atoms with van der Waals surface area (Å²) in [7, 11) is -2.71. The summed E-state index contributed by atoms with van der Waals surface area (Å²) in [5.74, 6) is -0.621. The van der Waals surface area contributed by atoms with E-state index in [9.17, 15) is 18.5 Å². The molecule has 0 aliphatic heterocycles. The molecule has 0 aromatic heterocycles. The van der Waals surface area contributed by atoms with Gasteiger partial charge < -0.3 is 4.74 Å². The smallest absolute Gasteiger partial charge is 0.337 e. The molecular formula is C15H20N2O4S. The first-order valence-electron chi connectivity index (χ1n) is 6.64. The van der Waals surface area contributed by atoms with Crippen molar-refractivity contribution in [3.63, 3.8) is 0 Å². The van der Waals surface area contributed by atoms with Crippen LogP contribution in [0.2, 0.25) is 0 Å². The van der Waals surface area contributed by atoms with Crippen LogP contribution in [0.25, 0.3) is 0 Å². The second kappa shape index (κ2) is 6.46. The van der Waals surface area contributed by atoms with E-state index in [-0.39, 0.29) is 10.5 Å². The van der Waals surface area contributed by atoms with Crippen molar-refractivity contribution in [3.05, 3.63) is 29.3 Å². The van der Waals surface area contributed by atoms with Gasteiger partial charge in [-0.25, -0.2) is 13.2 Å². The van der Waals surface area contributed by atoms with Crippen molar-refractivity contribution >= 4 is 16.0 Å². The average Bonchev–Trinajstić information content (AvgIpc) is 2.43. The molecule has 1 aromatic rings. The number of benzene rings is 1. The zero-order valence-corrected chi connectivity index (χ0v) is 14.1. The molecule has 0 radical (unpaired) electrons. The van der Waals surface area contributed by atoms with Gasteiger partial charge in [-0.1, -0.05) is 26.8 Å². The van der Waals surface area contributed by atoms with Crippen LogP contribution in [0.15, 0.2) is 23.1 Å². The van der Waals surface area contributed by atoms with Crippen LogP contribution in [0.5, 0.6) is 0 Å². The van der Waals surface area contributed by atoms with E-state index in [0.29, 0.717) is 5.56 Å². The topological polar surface area (TPSA) is 96.3 Å². The van der Waals surface area contributed by atoms with E-state index < -0.39 is 27.4 Å². The Labute approximate surface area is 131 Å². The van der Waals surface area contributed by atoms with Gasteiger partial charge in [-0.2, -0.15) is 9.98 Å². The van der Waals surface area contributed by atoms with Crippen molar-refractivity contribution in [2.45, 2.75) is 38.6 Å². The number of nitrogens with zero attached hydrogens (tertiary/aromatic N) is 1. The maximum Gasteiger partial charge on any atom is 0.337 e. The number of hydrogen-bond acceptors (Lipinski definition) is 5. The molecule has 0 spiro atoms. The number of esters is 1. The van der Waals surface area contributed by atoms with Gasteiger partial charge in [-0.05, 0) is 30.0 Å². The molecule has 120 valence electrons. The van der Waals surface area contributed by atoms with E-state index in [0.717, 1.165) is 0 Å². The van der Waals surface area contributed by atoms with Crippen LogP contribution in [0.4, 0.5) is 0 Å². The predicted octanol–water partition coefficient (Wildman–Crippen LogP) is 2.00. The quantitative estimate of drug-likeness (QED) is 0.854. The van der Waals surface area contributed by atoms with Crippen LogP contribution in [0, 0.1) is 23.7 Å². The highest BCUT2D eigenvalue weighted by molar-refractivity contribution is 7.89. The molecule has 0 amide bonds. The summed E-state index contributed by atoms with van der Waals surface area (Å²) >= 11 is 0. The lowest BCUT2D eigenvalue weighted by Gasteiger charge is -2.25. The second-order valence-corrected chi connectivity index (χ2v) is 7.70. The molecule has 1 rings (SSSR count). The number of ether oxygens (including phenoxy) is 1. The minimum Gasteiger partial charge on any atom is -0.465 e. The highest BCUT2D eigenvalue weighted by Gasteiger charge is 2.30. The Morgan fingerprint density at radius 2 is 1.95 bits per heavy atom. The summed E-state index contributed by atoms with van der Waals surface area (Å²) in [6, 6.07) is 5.33. The fourth-order valence-electron chi connectivity index (χ4n) is 1.75. The van der Waals surface area contributed by atoms with Crippen LogP contribution in [0.3, 0.4) is 0 Å². The third-order valence-electron chi connectivity index (χ3n) is 3.17. The lowest BCUT2D eigenvalue weighted by Crippen LogP contribution is -2.42. The third-order valence-corrected chi connectivity index (χ3v) is 4.73. The number of sulfonamides is 1. The van der Waals surface area contributed by atoms with Crippen LogP contribution in [0.1, 0.15) is 36.7 Å². The van der Waals surface area contributed by atoms with E-state index in [4.69, 9.17) is 0 Å². The molecule has 0 unspecified atom stereocenters. The summed E-state index contributed by atoms with van der Waals surface area (Å²) in [5.41, 5.74) is 0.0545. The number of hydrogen-bond donors (Lipinski definition) is 1. The second-order valence-electron chi connectivity index (χ2n) is 6.02. The van der Waals surface area contributed by atoms with Crippen molar-refractivity contribution in [2.75, 3.05) is 7.11 Å². The highest BCUT2D eigenvalue weighted by atomic mass is 32.2. The van der Waals surface area contributed by atoms with Crippen molar-refractivity contribution in [1.82, 2.24) is 4.72 Å². The minimum absolute atomic E-state index is 0.0418. The summed E-state index contributed by atoms with van der Waals surface area (Å²) in [5, 5.41) is 9.17. The van der Waals surface area contributed by atoms with Crippen LogP contribution >= 0.6 is 0 Å². The lowest BCUT2D eigenvalue weighted by atomic mass is 9.88. The van der Waals surface area contributed by atoms with E-state index >= 15 is 0 Å². The first kappa shape index (κ1) is 18.1. The SMILES string of the molecule is COC(=O)c1ccc(C)c(S(=O)(=O)N[C@@H](C#N)C(C)(C)C)c1. The minimum atomic E-state index is -3.93. The van der Waals surface area contributed by atoms with Gasteiger partial charge in [-0.3, -0.25) is 0 Å². The number of methoxy groups -OCH3 is 1. The zero-order valence-electron chi connectivity index (χ0n) is 13.3. The predicted molar refractivity (Wildman–Crippen MR) is 81.7 cm³/mol. The van der Waals surface area contributed by atoms with Gasteiger partial charge in [0.1, 0.15) is 6.04 Å². The molecule has 0 aliphatic carbocycles. The van der Waals surface area contributed by atoms with Crippen molar-refractivity contribution in [1.29, 1.82) is 5.26 Å². The first-order chi connectivity index (χ1) is 10.0. The molecular weight excluding hydrogens is 304 g/mol. The van der Waals surface area contributed by atoms with Gasteiger partial charge in [0.05, 0.1) is 23.6 Å². The fourth-order valence-corrected chi connectivity index (χ4v) is 3.37. The van der Waals surface area contributed by atoms with E-state index in [1.807, 2.05) is 6.07 Å². The zero-order chi connectivity index (χ0) is 17.1. The number of aryl methyl sites for hydroxylation is 1. The molecule has 0 saturated carbocycles. The molecule has 7 heteroatoms. The van der Waals surface area contributed by atoms with Crippen molar-refractivity contribution in [3.8, 4) is 6.07 Å². The van der Waals surface area contributed by atoms with Crippen molar-refractivity contribution < 1.29 is 17.9 Å².